The first-order valence-electron chi connectivity index (χ1n) is 5.04. The zero-order valence-corrected chi connectivity index (χ0v) is 9.32. The van der Waals surface area contributed by atoms with Crippen LogP contribution in [0.5, 0.6) is 0 Å². The van der Waals surface area contributed by atoms with Gasteiger partial charge in [-0.2, -0.15) is 5.10 Å². The Morgan fingerprint density at radius 2 is 2.25 bits per heavy atom. The molecule has 0 spiro atoms. The molecule has 0 radical (unpaired) electrons. The quantitative estimate of drug-likeness (QED) is 0.755. The van der Waals surface area contributed by atoms with Crippen molar-refractivity contribution < 1.29 is 13.9 Å². The summed E-state index contributed by atoms with van der Waals surface area (Å²) in [6.45, 7) is 2.33. The van der Waals surface area contributed by atoms with Crippen LogP contribution in [0.15, 0.2) is 6.33 Å². The van der Waals surface area contributed by atoms with E-state index in [2.05, 4.69) is 15.4 Å². The van der Waals surface area contributed by atoms with Crippen LogP contribution in [-0.2, 0) is 6.54 Å². The third-order valence-corrected chi connectivity index (χ3v) is 2.03. The highest BCUT2D eigenvalue weighted by atomic mass is 19.3. The summed E-state index contributed by atoms with van der Waals surface area (Å²) in [6.07, 6.45) is 1.39. The van der Waals surface area contributed by atoms with Gasteiger partial charge in [-0.05, 0) is 13.8 Å². The molecule has 7 heteroatoms. The minimum Gasteiger partial charge on any atom is -0.390 e. The van der Waals surface area contributed by atoms with Gasteiger partial charge in [0.05, 0.1) is 13.1 Å². The lowest BCUT2D eigenvalue weighted by Gasteiger charge is -2.14. The van der Waals surface area contributed by atoms with E-state index < -0.39 is 19.1 Å². The van der Waals surface area contributed by atoms with E-state index in [9.17, 15) is 8.78 Å². The second kappa shape index (κ2) is 5.31. The van der Waals surface area contributed by atoms with E-state index in [-0.39, 0.29) is 12.6 Å². The first-order valence-corrected chi connectivity index (χ1v) is 5.04. The van der Waals surface area contributed by atoms with Crippen molar-refractivity contribution in [1.29, 1.82) is 0 Å². The summed E-state index contributed by atoms with van der Waals surface area (Å²) in [5, 5.41) is 14.9. The average Bonchev–Trinajstić information content (AvgIpc) is 2.66. The van der Waals surface area contributed by atoms with Gasteiger partial charge in [-0.1, -0.05) is 0 Å². The molecule has 0 fully saturated rings. The number of halogens is 2. The van der Waals surface area contributed by atoms with Crippen molar-refractivity contribution in [3.8, 4) is 0 Å². The molecule has 0 bridgehead atoms. The Morgan fingerprint density at radius 3 is 2.81 bits per heavy atom. The third-order valence-electron chi connectivity index (χ3n) is 2.03. The molecule has 2 N–H and O–H groups in total. The standard InChI is InChI=1S/C9H16F2N4O/c1-7(2)15-8(13-6-14-15)3-12-4-9(10,11)5-16/h6-7,12,16H,3-5H2,1-2H3. The Hall–Kier alpha value is -1.08. The molecule has 0 unspecified atom stereocenters. The van der Waals surface area contributed by atoms with E-state index in [1.165, 1.54) is 6.33 Å². The largest absolute Gasteiger partial charge is 0.390 e. The highest BCUT2D eigenvalue weighted by Crippen LogP contribution is 2.10. The molecule has 0 aliphatic rings. The summed E-state index contributed by atoms with van der Waals surface area (Å²) in [4.78, 5) is 3.96. The van der Waals surface area contributed by atoms with Gasteiger partial charge in [-0.25, -0.2) is 18.4 Å². The lowest BCUT2D eigenvalue weighted by atomic mass is 10.3. The topological polar surface area (TPSA) is 63.0 Å². The molecule has 1 aromatic heterocycles. The van der Waals surface area contributed by atoms with E-state index in [0.29, 0.717) is 5.82 Å². The van der Waals surface area contributed by atoms with E-state index in [4.69, 9.17) is 5.11 Å². The molecule has 0 aromatic carbocycles. The Bertz CT molecular complexity index is 327. The maximum atomic E-state index is 12.7. The maximum absolute atomic E-state index is 12.7. The summed E-state index contributed by atoms with van der Waals surface area (Å²) >= 11 is 0. The van der Waals surface area contributed by atoms with Crippen LogP contribution in [0.3, 0.4) is 0 Å². The molecule has 0 saturated heterocycles. The van der Waals surface area contributed by atoms with Crippen molar-refractivity contribution in [1.82, 2.24) is 20.1 Å². The lowest BCUT2D eigenvalue weighted by Crippen LogP contribution is -2.36. The SMILES string of the molecule is CC(C)n1ncnc1CNCC(F)(F)CO. The van der Waals surface area contributed by atoms with Crippen LogP contribution in [0.1, 0.15) is 25.7 Å². The Kier molecular flexibility index (Phi) is 4.31. The normalized spacial score (nSPS) is 12.4. The summed E-state index contributed by atoms with van der Waals surface area (Å²) in [7, 11) is 0. The van der Waals surface area contributed by atoms with Crippen molar-refractivity contribution in [2.24, 2.45) is 0 Å². The van der Waals surface area contributed by atoms with Crippen LogP contribution in [0.2, 0.25) is 0 Å². The third kappa shape index (κ3) is 3.49. The van der Waals surface area contributed by atoms with Crippen LogP contribution >= 0.6 is 0 Å². The first-order chi connectivity index (χ1) is 7.46. The number of rotatable bonds is 6. The zero-order valence-electron chi connectivity index (χ0n) is 9.32. The van der Waals surface area contributed by atoms with Crippen molar-refractivity contribution >= 4 is 0 Å². The van der Waals surface area contributed by atoms with Crippen LogP contribution in [0.4, 0.5) is 8.78 Å². The van der Waals surface area contributed by atoms with Crippen LogP contribution in [0.25, 0.3) is 0 Å². The molecule has 0 aliphatic heterocycles. The maximum Gasteiger partial charge on any atom is 0.282 e. The molecule has 16 heavy (non-hydrogen) atoms. The average molecular weight is 234 g/mol. The van der Waals surface area contributed by atoms with E-state index in [1.807, 2.05) is 13.8 Å². The van der Waals surface area contributed by atoms with Crippen LogP contribution < -0.4 is 5.32 Å². The van der Waals surface area contributed by atoms with Gasteiger partial charge in [0.25, 0.3) is 5.92 Å². The predicted molar refractivity (Wildman–Crippen MR) is 54.1 cm³/mol. The Morgan fingerprint density at radius 1 is 1.56 bits per heavy atom. The second-order valence-corrected chi connectivity index (χ2v) is 3.83. The first kappa shape index (κ1) is 13.0. The number of hydrogen-bond acceptors (Lipinski definition) is 4. The number of alkyl halides is 2. The molecule has 0 amide bonds. The molecule has 0 atom stereocenters. The zero-order chi connectivity index (χ0) is 12.2. The molecule has 1 rings (SSSR count). The summed E-state index contributed by atoms with van der Waals surface area (Å²) in [6, 6.07) is 0.137. The molecule has 0 saturated carbocycles. The van der Waals surface area contributed by atoms with E-state index in [0.717, 1.165) is 0 Å². The smallest absolute Gasteiger partial charge is 0.282 e. The highest BCUT2D eigenvalue weighted by molar-refractivity contribution is 4.86. The minimum absolute atomic E-state index is 0.137. The van der Waals surface area contributed by atoms with Crippen molar-refractivity contribution in [3.05, 3.63) is 12.2 Å². The molecular formula is C9H16F2N4O. The minimum atomic E-state index is -3.09. The van der Waals surface area contributed by atoms with Crippen molar-refractivity contribution in [2.45, 2.75) is 32.4 Å². The fourth-order valence-electron chi connectivity index (χ4n) is 1.25. The summed E-state index contributed by atoms with van der Waals surface area (Å²) < 4.78 is 27.0. The fourth-order valence-corrected chi connectivity index (χ4v) is 1.25. The van der Waals surface area contributed by atoms with Gasteiger partial charge in [0, 0.05) is 6.04 Å². The number of aliphatic hydroxyl groups is 1. The van der Waals surface area contributed by atoms with Crippen LogP contribution in [0, 0.1) is 0 Å². The molecule has 5 nitrogen and oxygen atoms in total. The molecular weight excluding hydrogens is 218 g/mol. The number of nitrogens with zero attached hydrogens (tertiary/aromatic N) is 3. The van der Waals surface area contributed by atoms with E-state index >= 15 is 0 Å². The molecule has 0 aliphatic carbocycles. The molecule has 1 aromatic rings. The van der Waals surface area contributed by atoms with Gasteiger partial charge in [-0.15, -0.1) is 0 Å². The van der Waals surface area contributed by atoms with Gasteiger partial charge in [-0.3, -0.25) is 0 Å². The van der Waals surface area contributed by atoms with Gasteiger partial charge in [0.1, 0.15) is 18.8 Å². The van der Waals surface area contributed by atoms with Crippen molar-refractivity contribution in [2.75, 3.05) is 13.2 Å². The van der Waals surface area contributed by atoms with E-state index in [1.54, 1.807) is 4.68 Å². The van der Waals surface area contributed by atoms with Gasteiger partial charge >= 0.3 is 0 Å². The van der Waals surface area contributed by atoms with Gasteiger partial charge in [0.15, 0.2) is 0 Å². The number of nitrogens with one attached hydrogen (secondary N) is 1. The molecule has 92 valence electrons. The summed E-state index contributed by atoms with van der Waals surface area (Å²) in [5.41, 5.74) is 0. The number of aliphatic hydroxyl groups excluding tert-OH is 1. The highest BCUT2D eigenvalue weighted by Gasteiger charge is 2.27. The van der Waals surface area contributed by atoms with Gasteiger partial charge in [0.2, 0.25) is 0 Å². The Balaban J connectivity index is 2.46. The molecule has 1 heterocycles. The monoisotopic (exact) mass is 234 g/mol. The van der Waals surface area contributed by atoms with Crippen molar-refractivity contribution in [3.63, 3.8) is 0 Å². The fraction of sp³-hybridized carbons (Fsp3) is 0.778. The summed E-state index contributed by atoms with van der Waals surface area (Å²) in [5.74, 6) is -2.49. The Labute approximate surface area is 92.5 Å². The lowest BCUT2D eigenvalue weighted by molar-refractivity contribution is -0.0479. The number of aromatic nitrogens is 3. The predicted octanol–water partition coefficient (Wildman–Crippen LogP) is 0.576. The van der Waals surface area contributed by atoms with Gasteiger partial charge < -0.3 is 10.4 Å². The van der Waals surface area contributed by atoms with Crippen LogP contribution in [-0.4, -0.2) is 38.9 Å². The second-order valence-electron chi connectivity index (χ2n) is 3.83. The number of hydrogen-bond donors (Lipinski definition) is 2.